The van der Waals surface area contributed by atoms with E-state index in [4.69, 9.17) is 11.5 Å². The minimum atomic E-state index is -1.01. The fraction of sp³-hybridized carbons (Fsp3) is 0.231. The van der Waals surface area contributed by atoms with E-state index in [-0.39, 0.29) is 11.5 Å². The Balaban J connectivity index is 2.52. The van der Waals surface area contributed by atoms with Crippen LogP contribution in [-0.4, -0.2) is 23.5 Å². The highest BCUT2D eigenvalue weighted by Gasteiger charge is 2.06. The highest BCUT2D eigenvalue weighted by atomic mass is 16.4. The van der Waals surface area contributed by atoms with E-state index in [1.807, 2.05) is 0 Å². The summed E-state index contributed by atoms with van der Waals surface area (Å²) in [7, 11) is 0. The molecule has 4 nitrogen and oxygen atoms in total. The molecule has 1 aromatic carbocycles. The number of carbonyl (C=O) groups is 2. The molecule has 0 unspecified atom stereocenters. The van der Waals surface area contributed by atoms with Gasteiger partial charge in [0, 0.05) is 18.5 Å². The first-order valence-electron chi connectivity index (χ1n) is 5.20. The second-order valence-corrected chi connectivity index (χ2v) is 3.45. The maximum atomic E-state index is 11.6. The zero-order chi connectivity index (χ0) is 12.7. The lowest BCUT2D eigenvalue weighted by Crippen LogP contribution is -2.24. The van der Waals surface area contributed by atoms with Gasteiger partial charge in [-0.05, 0) is 30.7 Å². The molecule has 0 bridgehead atoms. The van der Waals surface area contributed by atoms with E-state index in [0.29, 0.717) is 18.5 Å². The number of carboxylic acid groups (broad SMARTS) is 1. The molecule has 1 amide bonds. The molecule has 4 heteroatoms. The summed E-state index contributed by atoms with van der Waals surface area (Å²) in [6.45, 7) is 0.518. The smallest absolute Gasteiger partial charge is 0.335 e. The summed E-state index contributed by atoms with van der Waals surface area (Å²) in [5.74, 6) is 1.25. The molecule has 2 N–H and O–H groups in total. The van der Waals surface area contributed by atoms with E-state index >= 15 is 0 Å². The van der Waals surface area contributed by atoms with Gasteiger partial charge in [0.2, 0.25) is 0 Å². The number of carbonyl (C=O) groups excluding carboxylic acids is 1. The minimum Gasteiger partial charge on any atom is -0.478 e. The Hall–Kier alpha value is -2.28. The van der Waals surface area contributed by atoms with Crippen molar-refractivity contribution in [2.24, 2.45) is 0 Å². The van der Waals surface area contributed by atoms with Crippen molar-refractivity contribution in [3.05, 3.63) is 35.4 Å². The van der Waals surface area contributed by atoms with Crippen molar-refractivity contribution in [1.29, 1.82) is 0 Å². The van der Waals surface area contributed by atoms with Crippen LogP contribution in [0.3, 0.4) is 0 Å². The Morgan fingerprint density at radius 1 is 1.24 bits per heavy atom. The molecule has 0 aliphatic heterocycles. The van der Waals surface area contributed by atoms with Gasteiger partial charge in [0.05, 0.1) is 5.56 Å². The average molecular weight is 231 g/mol. The van der Waals surface area contributed by atoms with Crippen molar-refractivity contribution < 1.29 is 14.7 Å². The van der Waals surface area contributed by atoms with E-state index in [2.05, 4.69) is 11.2 Å². The Morgan fingerprint density at radius 2 is 1.82 bits per heavy atom. The summed E-state index contributed by atoms with van der Waals surface area (Å²) in [6.07, 6.45) is 6.44. The van der Waals surface area contributed by atoms with Crippen LogP contribution in [0.5, 0.6) is 0 Å². The number of unbranched alkanes of at least 4 members (excludes halogenated alkanes) is 1. The molecule has 1 rings (SSSR count). The van der Waals surface area contributed by atoms with Gasteiger partial charge in [0.15, 0.2) is 0 Å². The van der Waals surface area contributed by atoms with Gasteiger partial charge < -0.3 is 10.4 Å². The SMILES string of the molecule is C#CCCCNC(=O)c1ccc(C(=O)O)cc1. The van der Waals surface area contributed by atoms with E-state index in [0.717, 1.165) is 6.42 Å². The summed E-state index contributed by atoms with van der Waals surface area (Å²) < 4.78 is 0. The molecule has 0 aliphatic rings. The van der Waals surface area contributed by atoms with Gasteiger partial charge in [-0.15, -0.1) is 12.3 Å². The van der Waals surface area contributed by atoms with Crippen LogP contribution < -0.4 is 5.32 Å². The maximum absolute atomic E-state index is 11.6. The largest absolute Gasteiger partial charge is 0.478 e. The van der Waals surface area contributed by atoms with E-state index < -0.39 is 5.97 Å². The first kappa shape index (κ1) is 12.8. The summed E-state index contributed by atoms with van der Waals surface area (Å²) >= 11 is 0. The van der Waals surface area contributed by atoms with Crippen LogP contribution in [0.15, 0.2) is 24.3 Å². The number of hydrogen-bond acceptors (Lipinski definition) is 2. The predicted octanol–water partition coefficient (Wildman–Crippen LogP) is 1.53. The Bertz CT molecular complexity index is 443. The summed E-state index contributed by atoms with van der Waals surface area (Å²) in [4.78, 5) is 22.2. The second kappa shape index (κ2) is 6.33. The summed E-state index contributed by atoms with van der Waals surface area (Å²) in [5.41, 5.74) is 0.601. The van der Waals surface area contributed by atoms with Gasteiger partial charge in [-0.3, -0.25) is 4.79 Å². The maximum Gasteiger partial charge on any atom is 0.335 e. The summed E-state index contributed by atoms with van der Waals surface area (Å²) in [5, 5.41) is 11.4. The third kappa shape index (κ3) is 3.99. The van der Waals surface area contributed by atoms with Gasteiger partial charge in [-0.2, -0.15) is 0 Å². The van der Waals surface area contributed by atoms with E-state index in [9.17, 15) is 9.59 Å². The number of benzene rings is 1. The van der Waals surface area contributed by atoms with Crippen molar-refractivity contribution in [2.45, 2.75) is 12.8 Å². The van der Waals surface area contributed by atoms with Crippen molar-refractivity contribution in [3.8, 4) is 12.3 Å². The molecule has 0 aliphatic carbocycles. The van der Waals surface area contributed by atoms with Gasteiger partial charge in [-0.25, -0.2) is 4.79 Å². The van der Waals surface area contributed by atoms with Crippen LogP contribution in [0.4, 0.5) is 0 Å². The van der Waals surface area contributed by atoms with Crippen molar-refractivity contribution in [3.63, 3.8) is 0 Å². The zero-order valence-corrected chi connectivity index (χ0v) is 9.27. The molecule has 0 saturated heterocycles. The Kier molecular flexibility index (Phi) is 4.77. The molecule has 0 fully saturated rings. The molecule has 0 heterocycles. The third-order valence-electron chi connectivity index (χ3n) is 2.18. The molecule has 17 heavy (non-hydrogen) atoms. The number of carboxylic acids is 1. The minimum absolute atomic E-state index is 0.161. The highest BCUT2D eigenvalue weighted by molar-refractivity contribution is 5.95. The Labute approximate surface area is 99.7 Å². The number of rotatable bonds is 5. The first-order chi connectivity index (χ1) is 8.15. The molecular weight excluding hydrogens is 218 g/mol. The summed E-state index contributed by atoms with van der Waals surface area (Å²) in [6, 6.07) is 5.78. The van der Waals surface area contributed by atoms with Crippen LogP contribution in [0.25, 0.3) is 0 Å². The van der Waals surface area contributed by atoms with Gasteiger partial charge in [0.1, 0.15) is 0 Å². The topological polar surface area (TPSA) is 66.4 Å². The van der Waals surface area contributed by atoms with Crippen LogP contribution in [0.2, 0.25) is 0 Å². The van der Waals surface area contributed by atoms with Gasteiger partial charge in [-0.1, -0.05) is 0 Å². The Morgan fingerprint density at radius 3 is 2.35 bits per heavy atom. The number of amides is 1. The molecule has 0 spiro atoms. The van der Waals surface area contributed by atoms with Gasteiger partial charge >= 0.3 is 5.97 Å². The quantitative estimate of drug-likeness (QED) is 0.596. The van der Waals surface area contributed by atoms with Crippen LogP contribution >= 0.6 is 0 Å². The molecule has 0 radical (unpaired) electrons. The number of terminal acetylenes is 1. The molecule has 0 saturated carbocycles. The number of hydrogen-bond donors (Lipinski definition) is 2. The lowest BCUT2D eigenvalue weighted by molar-refractivity contribution is 0.0696. The van der Waals surface area contributed by atoms with E-state index in [1.165, 1.54) is 24.3 Å². The molecule has 0 aromatic heterocycles. The first-order valence-corrected chi connectivity index (χ1v) is 5.20. The third-order valence-corrected chi connectivity index (χ3v) is 2.18. The normalized spacial score (nSPS) is 9.35. The van der Waals surface area contributed by atoms with Crippen molar-refractivity contribution in [1.82, 2.24) is 5.32 Å². The zero-order valence-electron chi connectivity index (χ0n) is 9.27. The molecule has 1 aromatic rings. The van der Waals surface area contributed by atoms with Crippen molar-refractivity contribution in [2.75, 3.05) is 6.54 Å². The average Bonchev–Trinajstić information content (AvgIpc) is 2.34. The second-order valence-electron chi connectivity index (χ2n) is 3.45. The van der Waals surface area contributed by atoms with E-state index in [1.54, 1.807) is 0 Å². The molecule has 0 atom stereocenters. The van der Waals surface area contributed by atoms with Crippen LogP contribution in [-0.2, 0) is 0 Å². The van der Waals surface area contributed by atoms with Crippen molar-refractivity contribution >= 4 is 11.9 Å². The molecular formula is C13H13NO3. The number of aromatic carboxylic acids is 1. The van der Waals surface area contributed by atoms with Crippen LogP contribution in [0, 0.1) is 12.3 Å². The number of nitrogens with one attached hydrogen (secondary N) is 1. The monoisotopic (exact) mass is 231 g/mol. The fourth-order valence-electron chi connectivity index (χ4n) is 1.26. The van der Waals surface area contributed by atoms with Crippen LogP contribution in [0.1, 0.15) is 33.6 Å². The van der Waals surface area contributed by atoms with Gasteiger partial charge in [0.25, 0.3) is 5.91 Å². The standard InChI is InChI=1S/C13H13NO3/c1-2-3-4-9-14-12(15)10-5-7-11(8-6-10)13(16)17/h1,5-8H,3-4,9H2,(H,14,15)(H,16,17). The lowest BCUT2D eigenvalue weighted by atomic mass is 10.1. The highest BCUT2D eigenvalue weighted by Crippen LogP contribution is 2.04. The lowest BCUT2D eigenvalue weighted by Gasteiger charge is -2.04. The molecule has 88 valence electrons. The fourth-order valence-corrected chi connectivity index (χ4v) is 1.26. The predicted molar refractivity (Wildman–Crippen MR) is 63.8 cm³/mol.